The lowest BCUT2D eigenvalue weighted by atomic mass is 10.00. The third-order valence-electron chi connectivity index (χ3n) is 6.30. The molecule has 0 saturated heterocycles. The minimum Gasteiger partial charge on any atom is -0.350 e. The lowest BCUT2D eigenvalue weighted by Crippen LogP contribution is -2.32. The normalized spacial score (nSPS) is 13.6. The van der Waals surface area contributed by atoms with E-state index in [-0.39, 0.29) is 5.91 Å². The van der Waals surface area contributed by atoms with Gasteiger partial charge >= 0.3 is 0 Å². The van der Waals surface area contributed by atoms with Gasteiger partial charge in [-0.2, -0.15) is 0 Å². The predicted octanol–water partition coefficient (Wildman–Crippen LogP) is 4.12. The molecule has 30 heavy (non-hydrogen) atoms. The molecule has 0 fully saturated rings. The number of nitrogens with zero attached hydrogens (tertiary/aromatic N) is 5. The summed E-state index contributed by atoms with van der Waals surface area (Å²) in [6.45, 7) is 8.98. The van der Waals surface area contributed by atoms with Crippen molar-refractivity contribution < 1.29 is 4.79 Å². The summed E-state index contributed by atoms with van der Waals surface area (Å²) in [7, 11) is 0. The van der Waals surface area contributed by atoms with Gasteiger partial charge in [0.15, 0.2) is 5.82 Å². The molecule has 6 heteroatoms. The number of carbonyl (C=O) groups is 1. The van der Waals surface area contributed by atoms with Crippen molar-refractivity contribution in [2.24, 2.45) is 0 Å². The first kappa shape index (κ1) is 18.6. The number of imidazole rings is 1. The van der Waals surface area contributed by atoms with E-state index in [1.54, 1.807) is 12.4 Å². The summed E-state index contributed by atoms with van der Waals surface area (Å²) in [6, 6.07) is 10.5. The maximum absolute atomic E-state index is 13.1. The van der Waals surface area contributed by atoms with Crippen LogP contribution in [0.1, 0.15) is 39.8 Å². The van der Waals surface area contributed by atoms with Gasteiger partial charge in [0.2, 0.25) is 0 Å². The van der Waals surface area contributed by atoms with Gasteiger partial charge in [0, 0.05) is 43.1 Å². The predicted molar refractivity (Wildman–Crippen MR) is 118 cm³/mol. The number of fused-ring (bicyclic) bond motifs is 2. The molecule has 3 aromatic heterocycles. The Bertz CT molecular complexity index is 1250. The summed E-state index contributed by atoms with van der Waals surface area (Å²) < 4.78 is 3.81. The van der Waals surface area contributed by atoms with Crippen LogP contribution in [-0.2, 0) is 19.5 Å². The van der Waals surface area contributed by atoms with E-state index < -0.39 is 0 Å². The fraction of sp³-hybridized carbons (Fsp3) is 0.292. The van der Waals surface area contributed by atoms with Crippen LogP contribution in [0, 0.1) is 13.8 Å². The van der Waals surface area contributed by atoms with Crippen LogP contribution in [0.5, 0.6) is 0 Å². The minimum atomic E-state index is -0.158. The molecular formula is C24H25N5O. The molecule has 0 spiro atoms. The van der Waals surface area contributed by atoms with E-state index >= 15 is 0 Å². The molecule has 0 bridgehead atoms. The quantitative estimate of drug-likeness (QED) is 0.520. The van der Waals surface area contributed by atoms with Crippen molar-refractivity contribution in [3.8, 4) is 0 Å². The number of pyridine rings is 1. The number of aryl methyl sites for hydroxylation is 2. The van der Waals surface area contributed by atoms with E-state index in [0.29, 0.717) is 5.69 Å². The van der Waals surface area contributed by atoms with E-state index in [1.807, 2.05) is 6.07 Å². The number of aromatic nitrogens is 4. The van der Waals surface area contributed by atoms with Crippen molar-refractivity contribution in [1.29, 1.82) is 0 Å². The largest absolute Gasteiger partial charge is 0.350 e. The molecule has 4 aromatic rings. The minimum absolute atomic E-state index is 0.158. The Kier molecular flexibility index (Phi) is 4.42. The molecule has 0 unspecified atom stereocenters. The van der Waals surface area contributed by atoms with Gasteiger partial charge in [-0.25, -0.2) is 9.97 Å². The highest BCUT2D eigenvalue weighted by Gasteiger charge is 2.25. The fourth-order valence-electron chi connectivity index (χ4n) is 4.56. The lowest BCUT2D eigenvalue weighted by molar-refractivity contribution is 0.0955. The van der Waals surface area contributed by atoms with Crippen LogP contribution in [0.15, 0.2) is 49.1 Å². The molecule has 0 amide bonds. The Balaban J connectivity index is 1.71. The van der Waals surface area contributed by atoms with Gasteiger partial charge in [0.1, 0.15) is 12.0 Å². The molecule has 5 rings (SSSR count). The van der Waals surface area contributed by atoms with Crippen molar-refractivity contribution in [2.45, 2.75) is 40.3 Å². The maximum Gasteiger partial charge on any atom is 0.281 e. The van der Waals surface area contributed by atoms with Gasteiger partial charge in [0.05, 0.1) is 5.52 Å². The van der Waals surface area contributed by atoms with Crippen molar-refractivity contribution in [1.82, 2.24) is 19.1 Å². The smallest absolute Gasteiger partial charge is 0.281 e. The number of hydrogen-bond acceptors (Lipinski definition) is 4. The Labute approximate surface area is 175 Å². The van der Waals surface area contributed by atoms with Crippen molar-refractivity contribution in [2.75, 3.05) is 11.4 Å². The van der Waals surface area contributed by atoms with Gasteiger partial charge < -0.3 is 9.47 Å². The number of rotatable bonds is 3. The van der Waals surface area contributed by atoms with Gasteiger partial charge in [-0.15, -0.1) is 0 Å². The molecule has 1 aliphatic rings. The molecule has 0 N–H and O–H groups in total. The van der Waals surface area contributed by atoms with E-state index in [9.17, 15) is 4.79 Å². The number of carbonyl (C=O) groups excluding carboxylic acids is 1. The number of anilines is 1. The molecular weight excluding hydrogens is 374 g/mol. The molecule has 1 aromatic carbocycles. The highest BCUT2D eigenvalue weighted by molar-refractivity contribution is 6.02. The van der Waals surface area contributed by atoms with Crippen molar-refractivity contribution in [3.63, 3.8) is 0 Å². The van der Waals surface area contributed by atoms with Crippen LogP contribution in [0.4, 0.5) is 5.82 Å². The summed E-state index contributed by atoms with van der Waals surface area (Å²) in [5.41, 5.74) is 6.72. The molecule has 0 saturated carbocycles. The fourth-order valence-corrected chi connectivity index (χ4v) is 4.56. The monoisotopic (exact) mass is 399 g/mol. The molecule has 0 aliphatic carbocycles. The van der Waals surface area contributed by atoms with E-state index in [4.69, 9.17) is 4.98 Å². The zero-order valence-electron chi connectivity index (χ0n) is 17.6. The Morgan fingerprint density at radius 1 is 1.17 bits per heavy atom. The highest BCUT2D eigenvalue weighted by Crippen LogP contribution is 2.35. The first-order valence-electron chi connectivity index (χ1n) is 10.4. The molecule has 1 aliphatic heterocycles. The van der Waals surface area contributed by atoms with Crippen LogP contribution in [-0.4, -0.2) is 31.6 Å². The highest BCUT2D eigenvalue weighted by atomic mass is 16.2. The SMILES string of the molecule is CCn1c(C)c(C)c2cc(C(=O)n3ccnc3)nc(N3CCc4ccccc4C3)c21. The van der Waals surface area contributed by atoms with Crippen LogP contribution in [0.2, 0.25) is 0 Å². The summed E-state index contributed by atoms with van der Waals surface area (Å²) in [6.07, 6.45) is 5.78. The zero-order valence-corrected chi connectivity index (χ0v) is 17.6. The Morgan fingerprint density at radius 3 is 2.70 bits per heavy atom. The average molecular weight is 399 g/mol. The van der Waals surface area contributed by atoms with Crippen LogP contribution in [0.3, 0.4) is 0 Å². The first-order valence-corrected chi connectivity index (χ1v) is 10.4. The zero-order chi connectivity index (χ0) is 20.8. The summed E-state index contributed by atoms with van der Waals surface area (Å²) >= 11 is 0. The Hall–Kier alpha value is -3.41. The third-order valence-corrected chi connectivity index (χ3v) is 6.30. The van der Waals surface area contributed by atoms with Crippen molar-refractivity contribution in [3.05, 3.63) is 77.1 Å². The second-order valence-corrected chi connectivity index (χ2v) is 7.90. The summed E-state index contributed by atoms with van der Waals surface area (Å²) in [4.78, 5) is 24.4. The molecule has 4 heterocycles. The molecule has 152 valence electrons. The first-order chi connectivity index (χ1) is 14.6. The van der Waals surface area contributed by atoms with Gasteiger partial charge in [0.25, 0.3) is 5.91 Å². The maximum atomic E-state index is 13.1. The van der Waals surface area contributed by atoms with Crippen molar-refractivity contribution >= 4 is 22.6 Å². The Morgan fingerprint density at radius 2 is 1.97 bits per heavy atom. The van der Waals surface area contributed by atoms with Gasteiger partial charge in [-0.05, 0) is 49.9 Å². The van der Waals surface area contributed by atoms with Gasteiger partial charge in [-0.3, -0.25) is 9.36 Å². The molecule has 0 atom stereocenters. The standard InChI is InChI=1S/C24H25N5O/c1-4-29-17(3)16(2)20-13-21(24(30)28-12-10-25-15-28)26-23(22(20)29)27-11-9-18-7-5-6-8-19(18)14-27/h5-8,10,12-13,15H,4,9,11,14H2,1-3H3. The summed E-state index contributed by atoms with van der Waals surface area (Å²) in [5.74, 6) is 0.734. The van der Waals surface area contributed by atoms with E-state index in [1.165, 1.54) is 33.3 Å². The van der Waals surface area contributed by atoms with Crippen LogP contribution in [0.25, 0.3) is 10.9 Å². The summed E-state index contributed by atoms with van der Waals surface area (Å²) in [5, 5.41) is 1.10. The van der Waals surface area contributed by atoms with Crippen LogP contribution < -0.4 is 4.90 Å². The molecule has 0 radical (unpaired) electrons. The third kappa shape index (κ3) is 2.83. The van der Waals surface area contributed by atoms with E-state index in [0.717, 1.165) is 42.8 Å². The number of benzene rings is 1. The van der Waals surface area contributed by atoms with E-state index in [2.05, 4.69) is 59.5 Å². The van der Waals surface area contributed by atoms with Crippen LogP contribution >= 0.6 is 0 Å². The average Bonchev–Trinajstić information content (AvgIpc) is 3.40. The second-order valence-electron chi connectivity index (χ2n) is 7.90. The lowest BCUT2D eigenvalue weighted by Gasteiger charge is -2.31. The van der Waals surface area contributed by atoms with Gasteiger partial charge in [-0.1, -0.05) is 24.3 Å². The number of hydrogen-bond donors (Lipinski definition) is 0. The molecule has 6 nitrogen and oxygen atoms in total. The topological polar surface area (TPSA) is 56.0 Å². The second kappa shape index (κ2) is 7.13.